The van der Waals surface area contributed by atoms with Crippen LogP contribution >= 0.6 is 0 Å². The molecule has 38 heavy (non-hydrogen) atoms. The molecule has 1 atom stereocenters. The molecule has 0 aliphatic heterocycles. The predicted molar refractivity (Wildman–Crippen MR) is 147 cm³/mol. The highest BCUT2D eigenvalue weighted by atomic mass is 32.2. The molecule has 0 aliphatic carbocycles. The number of aryl methyl sites for hydroxylation is 2. The summed E-state index contributed by atoms with van der Waals surface area (Å²) in [5, 5.41) is 2.43. The molecule has 0 radical (unpaired) electrons. The van der Waals surface area contributed by atoms with Crippen LogP contribution in [0.25, 0.3) is 11.1 Å². The minimum absolute atomic E-state index is 0.00572. The van der Waals surface area contributed by atoms with Gasteiger partial charge in [-0.2, -0.15) is 12.7 Å². The van der Waals surface area contributed by atoms with Crippen molar-refractivity contribution in [1.82, 2.24) is 14.6 Å². The molecular formula is C27H33N3O6S2. The van der Waals surface area contributed by atoms with Crippen LogP contribution in [0.1, 0.15) is 42.5 Å². The largest absolute Gasteiger partial charge is 0.355 e. The lowest BCUT2D eigenvalue weighted by molar-refractivity contribution is -0.121. The molecule has 1 aromatic heterocycles. The molecule has 2 aromatic carbocycles. The summed E-state index contributed by atoms with van der Waals surface area (Å²) < 4.78 is 59.7. The Balaban J connectivity index is 1.87. The van der Waals surface area contributed by atoms with Crippen LogP contribution in [0.4, 0.5) is 0 Å². The SMILES string of the molecule is Cc1cnccc1-c1cccc(C(C)N(CCCC(=O)NCCS(=O)(=O)O)S(=O)(=O)c2ccccc2C)c1. The zero-order valence-corrected chi connectivity index (χ0v) is 23.3. The van der Waals surface area contributed by atoms with Gasteiger partial charge in [0.2, 0.25) is 15.9 Å². The van der Waals surface area contributed by atoms with Gasteiger partial charge in [-0.25, -0.2) is 8.42 Å². The molecule has 3 rings (SSSR count). The molecule has 2 N–H and O–H groups in total. The highest BCUT2D eigenvalue weighted by Crippen LogP contribution is 2.32. The molecule has 1 unspecified atom stereocenters. The predicted octanol–water partition coefficient (Wildman–Crippen LogP) is 3.90. The summed E-state index contributed by atoms with van der Waals surface area (Å²) in [5.74, 6) is -1.01. The highest BCUT2D eigenvalue weighted by molar-refractivity contribution is 7.89. The van der Waals surface area contributed by atoms with Crippen molar-refractivity contribution in [2.45, 2.75) is 44.6 Å². The second-order valence-corrected chi connectivity index (χ2v) is 12.5. The van der Waals surface area contributed by atoms with Crippen molar-refractivity contribution >= 4 is 26.0 Å². The van der Waals surface area contributed by atoms with Crippen molar-refractivity contribution in [3.63, 3.8) is 0 Å². The van der Waals surface area contributed by atoms with Gasteiger partial charge in [0.15, 0.2) is 0 Å². The maximum absolute atomic E-state index is 13.9. The zero-order valence-electron chi connectivity index (χ0n) is 21.7. The Kier molecular flexibility index (Phi) is 9.77. The summed E-state index contributed by atoms with van der Waals surface area (Å²) >= 11 is 0. The number of aromatic nitrogens is 1. The lowest BCUT2D eigenvalue weighted by Gasteiger charge is -2.29. The van der Waals surface area contributed by atoms with E-state index in [9.17, 15) is 21.6 Å². The number of sulfonamides is 1. The summed E-state index contributed by atoms with van der Waals surface area (Å²) in [5.41, 5.74) is 4.37. The van der Waals surface area contributed by atoms with E-state index in [1.54, 1.807) is 43.6 Å². The van der Waals surface area contributed by atoms with Gasteiger partial charge in [-0.05, 0) is 73.2 Å². The van der Waals surface area contributed by atoms with Gasteiger partial charge >= 0.3 is 0 Å². The molecule has 204 valence electrons. The van der Waals surface area contributed by atoms with E-state index in [1.807, 2.05) is 44.2 Å². The lowest BCUT2D eigenvalue weighted by atomic mass is 9.98. The van der Waals surface area contributed by atoms with Gasteiger partial charge in [-0.1, -0.05) is 36.4 Å². The minimum Gasteiger partial charge on any atom is -0.355 e. The molecule has 1 amide bonds. The monoisotopic (exact) mass is 559 g/mol. The Labute approximate surface area is 224 Å². The fourth-order valence-corrected chi connectivity index (χ4v) is 6.47. The summed E-state index contributed by atoms with van der Waals surface area (Å²) in [6, 6.07) is 15.9. The van der Waals surface area contributed by atoms with E-state index in [4.69, 9.17) is 4.55 Å². The first-order valence-corrected chi connectivity index (χ1v) is 15.3. The van der Waals surface area contributed by atoms with Crippen LogP contribution in [0.15, 0.2) is 71.9 Å². The number of carbonyl (C=O) groups is 1. The van der Waals surface area contributed by atoms with Crippen molar-refractivity contribution in [2.24, 2.45) is 0 Å². The van der Waals surface area contributed by atoms with Gasteiger partial charge in [-0.3, -0.25) is 14.3 Å². The second kappa shape index (κ2) is 12.6. The maximum Gasteiger partial charge on any atom is 0.266 e. The topological polar surface area (TPSA) is 134 Å². The molecule has 1 heterocycles. The number of benzene rings is 2. The van der Waals surface area contributed by atoms with E-state index >= 15 is 0 Å². The smallest absolute Gasteiger partial charge is 0.266 e. The first-order chi connectivity index (χ1) is 17.9. The minimum atomic E-state index is -4.18. The maximum atomic E-state index is 13.9. The lowest BCUT2D eigenvalue weighted by Crippen LogP contribution is -2.36. The fraction of sp³-hybridized carbons (Fsp3) is 0.333. The molecule has 0 fully saturated rings. The molecule has 11 heteroatoms. The average molecular weight is 560 g/mol. The van der Waals surface area contributed by atoms with E-state index in [0.717, 1.165) is 22.3 Å². The third-order valence-corrected chi connectivity index (χ3v) is 9.13. The van der Waals surface area contributed by atoms with E-state index in [-0.39, 0.29) is 30.8 Å². The van der Waals surface area contributed by atoms with Crippen LogP contribution < -0.4 is 5.32 Å². The van der Waals surface area contributed by atoms with Crippen LogP contribution in [0.3, 0.4) is 0 Å². The highest BCUT2D eigenvalue weighted by Gasteiger charge is 2.31. The van der Waals surface area contributed by atoms with Gasteiger partial charge in [0, 0.05) is 37.9 Å². The van der Waals surface area contributed by atoms with Crippen molar-refractivity contribution in [1.29, 1.82) is 0 Å². The Morgan fingerprint density at radius 2 is 1.76 bits per heavy atom. The molecule has 3 aromatic rings. The fourth-order valence-electron chi connectivity index (χ4n) is 4.23. The first-order valence-electron chi connectivity index (χ1n) is 12.2. The standard InChI is InChI=1S/C27H33N3O6S2/c1-20-8-4-5-11-26(20)38(35,36)30(16-7-12-27(31)29-15-17-37(32,33)34)22(3)23-9-6-10-24(18-23)25-13-14-28-19-21(25)2/h4-6,8-11,13-14,18-19,22H,7,12,15-17H2,1-3H3,(H,29,31)(H,32,33,34). The quantitative estimate of drug-likeness (QED) is 0.322. The Morgan fingerprint density at radius 1 is 1.03 bits per heavy atom. The Bertz CT molecular complexity index is 1490. The summed E-state index contributed by atoms with van der Waals surface area (Å²) in [6.45, 7) is 5.38. The van der Waals surface area contributed by atoms with Gasteiger partial charge < -0.3 is 5.32 Å². The summed E-state index contributed by atoms with van der Waals surface area (Å²) in [6.07, 6.45) is 3.71. The average Bonchev–Trinajstić information content (AvgIpc) is 2.86. The molecule has 0 spiro atoms. The van der Waals surface area contributed by atoms with Gasteiger partial charge in [0.25, 0.3) is 10.1 Å². The molecular weight excluding hydrogens is 526 g/mol. The van der Waals surface area contributed by atoms with Crippen molar-refractivity contribution < 1.29 is 26.2 Å². The van der Waals surface area contributed by atoms with Crippen molar-refractivity contribution in [3.05, 3.63) is 83.7 Å². The molecule has 0 bridgehead atoms. The van der Waals surface area contributed by atoms with Gasteiger partial charge in [0.05, 0.1) is 10.6 Å². The van der Waals surface area contributed by atoms with Crippen LogP contribution in [-0.4, -0.2) is 55.4 Å². The van der Waals surface area contributed by atoms with Crippen molar-refractivity contribution in [2.75, 3.05) is 18.8 Å². The Hall–Kier alpha value is -3.12. The summed E-state index contributed by atoms with van der Waals surface area (Å²) in [4.78, 5) is 16.5. The van der Waals surface area contributed by atoms with E-state index < -0.39 is 37.8 Å². The molecule has 0 saturated carbocycles. The molecule has 0 aliphatic rings. The van der Waals surface area contributed by atoms with E-state index in [0.29, 0.717) is 5.56 Å². The zero-order chi connectivity index (χ0) is 27.9. The van der Waals surface area contributed by atoms with Crippen LogP contribution in [0.5, 0.6) is 0 Å². The number of carbonyl (C=O) groups excluding carboxylic acids is 1. The molecule has 0 saturated heterocycles. The van der Waals surface area contributed by atoms with E-state index in [1.165, 1.54) is 4.31 Å². The number of nitrogens with one attached hydrogen (secondary N) is 1. The number of pyridine rings is 1. The van der Waals surface area contributed by atoms with Crippen molar-refractivity contribution in [3.8, 4) is 11.1 Å². The Morgan fingerprint density at radius 3 is 2.45 bits per heavy atom. The van der Waals surface area contributed by atoms with Crippen LogP contribution in [0.2, 0.25) is 0 Å². The molecule has 9 nitrogen and oxygen atoms in total. The normalized spacial score (nSPS) is 12.9. The first kappa shape index (κ1) is 29.4. The number of hydrogen-bond donors (Lipinski definition) is 2. The van der Waals surface area contributed by atoms with Crippen LogP contribution in [0, 0.1) is 13.8 Å². The van der Waals surface area contributed by atoms with Gasteiger partial charge in [0.1, 0.15) is 0 Å². The third kappa shape index (κ3) is 7.70. The van der Waals surface area contributed by atoms with Gasteiger partial charge in [-0.15, -0.1) is 0 Å². The van der Waals surface area contributed by atoms with E-state index in [2.05, 4.69) is 10.3 Å². The summed E-state index contributed by atoms with van der Waals surface area (Å²) in [7, 11) is -8.10. The number of hydrogen-bond acceptors (Lipinski definition) is 6. The number of nitrogens with zero attached hydrogens (tertiary/aromatic N) is 2. The number of amides is 1. The number of rotatable bonds is 12. The second-order valence-electron chi connectivity index (χ2n) is 9.11. The third-order valence-electron chi connectivity index (χ3n) is 6.28. The van der Waals surface area contributed by atoms with Crippen LogP contribution in [-0.2, 0) is 24.9 Å².